The van der Waals surface area contributed by atoms with E-state index in [1.165, 1.54) is 159 Å². The highest BCUT2D eigenvalue weighted by molar-refractivity contribution is 5.81. The molecular formula is C66H98O5. The molecular weight excluding hydrogens is 873 g/mol. The van der Waals surface area contributed by atoms with Gasteiger partial charge in [0.25, 0.3) is 0 Å². The van der Waals surface area contributed by atoms with Crippen molar-refractivity contribution in [1.82, 2.24) is 0 Å². The van der Waals surface area contributed by atoms with Crippen LogP contribution in [0.3, 0.4) is 0 Å². The molecule has 20 atom stereocenters. The minimum Gasteiger partial charge on any atom is -0.463 e. The summed E-state index contributed by atoms with van der Waals surface area (Å²) in [4.78, 5) is 24.3. The van der Waals surface area contributed by atoms with Crippen molar-refractivity contribution >= 4 is 11.9 Å². The summed E-state index contributed by atoms with van der Waals surface area (Å²) in [6, 6.07) is 7.03. The highest BCUT2D eigenvalue weighted by Crippen LogP contribution is 2.71. The number of esters is 2. The number of rotatable bonds is 3. The number of carbonyl (C=O) groups is 2. The summed E-state index contributed by atoms with van der Waals surface area (Å²) in [5.41, 5.74) is 10.0. The number of aryl methyl sites for hydroxylation is 1. The molecule has 11 aliphatic carbocycles. The maximum Gasteiger partial charge on any atom is 0.313 e. The quantitative estimate of drug-likeness (QED) is 0.223. The van der Waals surface area contributed by atoms with E-state index in [0.717, 1.165) is 66.6 Å². The number of cyclic esters (lactones) is 1. The van der Waals surface area contributed by atoms with E-state index < -0.39 is 0 Å². The largest absolute Gasteiger partial charge is 0.463 e. The highest BCUT2D eigenvalue weighted by atomic mass is 16.6. The normalized spacial score (nSPS) is 48.6. The van der Waals surface area contributed by atoms with E-state index in [1.807, 2.05) is 7.11 Å². The van der Waals surface area contributed by atoms with Crippen molar-refractivity contribution in [3.63, 3.8) is 0 Å². The van der Waals surface area contributed by atoms with Crippen molar-refractivity contribution in [2.24, 2.45) is 92.2 Å². The van der Waals surface area contributed by atoms with Crippen LogP contribution in [0.4, 0.5) is 0 Å². The van der Waals surface area contributed by atoms with E-state index in [-0.39, 0.29) is 29.6 Å². The highest BCUT2D eigenvalue weighted by Gasteiger charge is 2.69. The fourth-order valence-corrected chi connectivity index (χ4v) is 22.3. The van der Waals surface area contributed by atoms with Gasteiger partial charge in [-0.25, -0.2) is 0 Å². The number of methoxy groups -OCH3 is 1. The number of carbonyl (C=O) groups excluding carboxylic acids is 2. The number of ether oxygens (including phenoxy) is 3. The van der Waals surface area contributed by atoms with Gasteiger partial charge < -0.3 is 14.2 Å². The molecule has 1 spiro atoms. The lowest BCUT2D eigenvalue weighted by Crippen LogP contribution is -2.55. The molecule has 0 radical (unpaired) electrons. The van der Waals surface area contributed by atoms with Crippen molar-refractivity contribution in [2.45, 2.75) is 240 Å². The molecule has 10 fully saturated rings. The van der Waals surface area contributed by atoms with Crippen molar-refractivity contribution in [1.29, 1.82) is 0 Å². The minimum atomic E-state index is -0.154. The zero-order valence-corrected chi connectivity index (χ0v) is 46.4. The van der Waals surface area contributed by atoms with Crippen molar-refractivity contribution in [2.75, 3.05) is 7.11 Å². The molecule has 0 N–H and O–H groups in total. The SMILES string of the molecule is C=C(C)[C@H]1CCC2C3CCc4c(C)cccc4C3CC[C@@]21C.CC(=O)O[C@H]1CC[C@]2(C)C3CC[C@]45C(=O)O[C@H](C)[C@H]4CCC5C3CC[C@H]2C1.CO[C@H]1CC[C@@]2(C)C(=CCC3C4CCCC[C@@]4(C)CCC32)C1. The summed E-state index contributed by atoms with van der Waals surface area (Å²) in [6.07, 6.45) is 36.3. The summed E-state index contributed by atoms with van der Waals surface area (Å²) in [7, 11) is 1.90. The first-order chi connectivity index (χ1) is 33.9. The lowest BCUT2D eigenvalue weighted by molar-refractivity contribution is -0.168. The van der Waals surface area contributed by atoms with Crippen LogP contribution in [0.25, 0.3) is 0 Å². The van der Waals surface area contributed by atoms with Gasteiger partial charge in [0.05, 0.1) is 11.5 Å². The Labute approximate surface area is 432 Å². The van der Waals surface area contributed by atoms with E-state index in [2.05, 4.69) is 79.3 Å². The van der Waals surface area contributed by atoms with Crippen LogP contribution < -0.4 is 0 Å². The zero-order chi connectivity index (χ0) is 49.8. The van der Waals surface area contributed by atoms with E-state index in [1.54, 1.807) is 16.7 Å². The molecule has 5 heteroatoms. The molecule has 1 aromatic rings. The second-order valence-electron chi connectivity index (χ2n) is 28.4. The average Bonchev–Trinajstić information content (AvgIpc) is 4.00. The van der Waals surface area contributed by atoms with Gasteiger partial charge in [-0.15, -0.1) is 0 Å². The lowest BCUT2D eigenvalue weighted by atomic mass is 9.44. The first-order valence-corrected chi connectivity index (χ1v) is 30.3. The first kappa shape index (κ1) is 50.7. The number of allylic oxidation sites excluding steroid dienone is 2. The van der Waals surface area contributed by atoms with Crippen LogP contribution in [0.1, 0.15) is 225 Å². The molecule has 0 bridgehead atoms. The Morgan fingerprint density at radius 2 is 1.45 bits per heavy atom. The molecule has 392 valence electrons. The summed E-state index contributed by atoms with van der Waals surface area (Å²) < 4.78 is 17.0. The van der Waals surface area contributed by atoms with E-state index in [4.69, 9.17) is 14.2 Å². The molecule has 1 aliphatic heterocycles. The molecule has 1 heterocycles. The minimum absolute atomic E-state index is 0.116. The molecule has 0 amide bonds. The lowest BCUT2D eigenvalue weighted by Gasteiger charge is -2.60. The van der Waals surface area contributed by atoms with E-state index in [9.17, 15) is 9.59 Å². The van der Waals surface area contributed by atoms with Gasteiger partial charge in [0.2, 0.25) is 0 Å². The van der Waals surface area contributed by atoms with Gasteiger partial charge in [0.1, 0.15) is 12.2 Å². The molecule has 1 saturated heterocycles. The van der Waals surface area contributed by atoms with Gasteiger partial charge in [-0.05, 0) is 272 Å². The summed E-state index contributed by atoms with van der Waals surface area (Å²) in [5, 5.41) is 0. The molecule has 12 aliphatic rings. The van der Waals surface area contributed by atoms with Crippen molar-refractivity contribution in [3.8, 4) is 0 Å². The van der Waals surface area contributed by atoms with Gasteiger partial charge in [-0.2, -0.15) is 0 Å². The number of hydrogen-bond donors (Lipinski definition) is 0. The van der Waals surface area contributed by atoms with E-state index in [0.29, 0.717) is 51.4 Å². The monoisotopic (exact) mass is 971 g/mol. The van der Waals surface area contributed by atoms with Crippen LogP contribution in [0.2, 0.25) is 0 Å². The molecule has 1 aromatic carbocycles. The van der Waals surface area contributed by atoms with Crippen LogP contribution in [0.15, 0.2) is 42.0 Å². The Bertz CT molecular complexity index is 2220. The molecule has 71 heavy (non-hydrogen) atoms. The predicted molar refractivity (Wildman–Crippen MR) is 286 cm³/mol. The fourth-order valence-electron chi connectivity index (χ4n) is 22.3. The van der Waals surface area contributed by atoms with Crippen LogP contribution in [-0.4, -0.2) is 37.4 Å². The zero-order valence-electron chi connectivity index (χ0n) is 46.4. The third-order valence-electron chi connectivity index (χ3n) is 25.8. The second-order valence-corrected chi connectivity index (χ2v) is 28.4. The van der Waals surface area contributed by atoms with Crippen molar-refractivity contribution in [3.05, 3.63) is 58.7 Å². The maximum atomic E-state index is 12.9. The topological polar surface area (TPSA) is 61.8 Å². The molecule has 5 nitrogen and oxygen atoms in total. The molecule has 9 saturated carbocycles. The average molecular weight is 972 g/mol. The molecule has 13 rings (SSSR count). The van der Waals surface area contributed by atoms with E-state index >= 15 is 0 Å². The van der Waals surface area contributed by atoms with Crippen LogP contribution in [-0.2, 0) is 30.2 Å². The Balaban J connectivity index is 0.000000116. The van der Waals surface area contributed by atoms with Gasteiger partial charge in [0, 0.05) is 20.0 Å². The Morgan fingerprint density at radius 3 is 2.24 bits per heavy atom. The predicted octanol–water partition coefficient (Wildman–Crippen LogP) is 16.3. The molecule has 0 aromatic heterocycles. The Hall–Kier alpha value is -2.40. The van der Waals surface area contributed by atoms with Crippen molar-refractivity contribution < 1.29 is 23.8 Å². The second kappa shape index (κ2) is 19.0. The number of fused-ring (bicyclic) bond motifs is 14. The summed E-state index contributed by atoms with van der Waals surface area (Å²) >= 11 is 0. The number of hydrogen-bond acceptors (Lipinski definition) is 5. The van der Waals surface area contributed by atoms with Crippen LogP contribution >= 0.6 is 0 Å². The smallest absolute Gasteiger partial charge is 0.313 e. The van der Waals surface area contributed by atoms with Gasteiger partial charge in [0.15, 0.2) is 0 Å². The maximum absolute atomic E-state index is 12.9. The summed E-state index contributed by atoms with van der Waals surface area (Å²) in [5.74, 6) is 9.50. The first-order valence-electron chi connectivity index (χ1n) is 30.3. The molecule has 9 unspecified atom stereocenters. The third kappa shape index (κ3) is 8.18. The number of benzene rings is 1. The standard InChI is InChI=1S/C23H34O4.C22H30.C21H34O/c1-13-18-6-7-20-17-5-4-15-12-16(27-14(2)24)8-10-22(15,3)19(17)9-11-23(18,20)21(25)26-13;1-14(2)20-10-11-21-19-9-8-16-15(3)6-5-7-17(16)18(19)12-13-22(20,21)4;1-20-11-5-4-6-18(20)17-8-7-15-14-16(22-3)9-13-21(15,2)19(17)10-12-20/h13,15-20H,4-12H2,1-3H3;5-7,18-21H,1,8-13H2,2-4H3;7,16-19H,4-6,8-14H2,1-3H3/t13-,15+,16+,17?,18-,19?,20?,22+,23+;18?,19?,20-,21?,22-;16-,17?,18?,19?,20-,21-/m110/s1. The third-order valence-corrected chi connectivity index (χ3v) is 25.8. The Morgan fingerprint density at radius 1 is 0.704 bits per heavy atom. The Kier molecular flexibility index (Phi) is 13.6. The van der Waals surface area contributed by atoms with Crippen LogP contribution in [0.5, 0.6) is 0 Å². The van der Waals surface area contributed by atoms with Gasteiger partial charge >= 0.3 is 11.9 Å². The summed E-state index contributed by atoms with van der Waals surface area (Å²) in [6.45, 7) is 22.9. The van der Waals surface area contributed by atoms with Gasteiger partial charge in [-0.1, -0.05) is 82.5 Å². The fraction of sp³-hybridized carbons (Fsp3) is 0.818. The van der Waals surface area contributed by atoms with Gasteiger partial charge in [-0.3, -0.25) is 9.59 Å². The van der Waals surface area contributed by atoms with Crippen LogP contribution in [0, 0.1) is 99.1 Å².